The second-order valence-electron chi connectivity index (χ2n) is 4.71. The van der Waals surface area contributed by atoms with Crippen molar-refractivity contribution in [2.75, 3.05) is 18.0 Å². The third-order valence-electron chi connectivity index (χ3n) is 3.20. The van der Waals surface area contributed by atoms with E-state index in [-0.39, 0.29) is 18.9 Å². The second-order valence-corrected chi connectivity index (χ2v) is 4.71. The Labute approximate surface area is 121 Å². The minimum absolute atomic E-state index is 0.0322. The van der Waals surface area contributed by atoms with Crippen LogP contribution in [0.5, 0.6) is 0 Å². The van der Waals surface area contributed by atoms with Gasteiger partial charge in [0.15, 0.2) is 0 Å². The number of nitrogens with one attached hydrogen (secondary N) is 2. The van der Waals surface area contributed by atoms with Crippen molar-refractivity contribution < 1.29 is 19.5 Å². The summed E-state index contributed by atoms with van der Waals surface area (Å²) in [5, 5.41) is 13.5. The molecular weight excluding hydrogens is 274 g/mol. The maximum atomic E-state index is 12.2. The van der Waals surface area contributed by atoms with E-state index in [0.717, 1.165) is 5.69 Å². The summed E-state index contributed by atoms with van der Waals surface area (Å²) in [7, 11) is 0. The number of nitrogens with zero attached hydrogens (tertiary/aromatic N) is 1. The number of hydrogen-bond acceptors (Lipinski definition) is 3. The third-order valence-corrected chi connectivity index (χ3v) is 3.20. The molecule has 1 aliphatic rings. The molecule has 7 heteroatoms. The van der Waals surface area contributed by atoms with Gasteiger partial charge in [-0.15, -0.1) is 0 Å². The predicted octanol–water partition coefficient (Wildman–Crippen LogP) is 0.566. The average molecular weight is 291 g/mol. The van der Waals surface area contributed by atoms with Gasteiger partial charge >= 0.3 is 12.0 Å². The first kappa shape index (κ1) is 14.8. The van der Waals surface area contributed by atoms with Crippen LogP contribution in [0.25, 0.3) is 0 Å². The van der Waals surface area contributed by atoms with Gasteiger partial charge in [-0.05, 0) is 18.6 Å². The first-order valence-electron chi connectivity index (χ1n) is 6.70. The molecule has 0 bridgehead atoms. The molecule has 1 aliphatic heterocycles. The number of para-hydroxylation sites is 1. The summed E-state index contributed by atoms with van der Waals surface area (Å²) in [6.45, 7) is 0.577. The molecule has 3 amide bonds. The number of urea groups is 1. The fourth-order valence-corrected chi connectivity index (χ4v) is 2.17. The minimum atomic E-state index is -0.984. The molecule has 1 heterocycles. The van der Waals surface area contributed by atoms with E-state index in [4.69, 9.17) is 5.11 Å². The zero-order valence-corrected chi connectivity index (χ0v) is 11.4. The van der Waals surface area contributed by atoms with Gasteiger partial charge in [0.25, 0.3) is 0 Å². The highest BCUT2D eigenvalue weighted by Gasteiger charge is 2.33. The van der Waals surface area contributed by atoms with Gasteiger partial charge in [-0.1, -0.05) is 18.2 Å². The summed E-state index contributed by atoms with van der Waals surface area (Å²) in [4.78, 5) is 35.8. The lowest BCUT2D eigenvalue weighted by molar-refractivity contribution is -0.136. The van der Waals surface area contributed by atoms with Crippen LogP contribution < -0.4 is 15.5 Å². The molecular formula is C14H17N3O4. The SMILES string of the molecule is O=C(O)CCNC(=O)NC1CCN(c2ccccc2)C1=O. The zero-order chi connectivity index (χ0) is 15.2. The topological polar surface area (TPSA) is 98.7 Å². The van der Waals surface area contributed by atoms with Crippen molar-refractivity contribution in [2.45, 2.75) is 18.9 Å². The first-order chi connectivity index (χ1) is 10.1. The first-order valence-corrected chi connectivity index (χ1v) is 6.70. The predicted molar refractivity (Wildman–Crippen MR) is 76.0 cm³/mol. The Morgan fingerprint density at radius 1 is 1.29 bits per heavy atom. The molecule has 0 spiro atoms. The molecule has 1 unspecified atom stereocenters. The lowest BCUT2D eigenvalue weighted by Crippen LogP contribution is -2.46. The fraction of sp³-hybridized carbons (Fsp3) is 0.357. The monoisotopic (exact) mass is 291 g/mol. The number of benzene rings is 1. The molecule has 3 N–H and O–H groups in total. The van der Waals surface area contributed by atoms with Crippen LogP contribution in [0.3, 0.4) is 0 Å². The molecule has 0 aromatic heterocycles. The number of anilines is 1. The smallest absolute Gasteiger partial charge is 0.315 e. The van der Waals surface area contributed by atoms with E-state index in [9.17, 15) is 14.4 Å². The highest BCUT2D eigenvalue weighted by atomic mass is 16.4. The summed E-state index contributed by atoms with van der Waals surface area (Å²) >= 11 is 0. The Bertz CT molecular complexity index is 532. The van der Waals surface area contributed by atoms with Gasteiger partial charge in [0.2, 0.25) is 5.91 Å². The van der Waals surface area contributed by atoms with E-state index < -0.39 is 18.0 Å². The second kappa shape index (κ2) is 6.74. The van der Waals surface area contributed by atoms with Crippen molar-refractivity contribution in [1.29, 1.82) is 0 Å². The largest absolute Gasteiger partial charge is 0.481 e. The molecule has 2 rings (SSSR count). The quantitative estimate of drug-likeness (QED) is 0.738. The molecule has 1 aromatic rings. The van der Waals surface area contributed by atoms with Crippen molar-refractivity contribution in [1.82, 2.24) is 10.6 Å². The highest BCUT2D eigenvalue weighted by Crippen LogP contribution is 2.20. The van der Waals surface area contributed by atoms with E-state index in [2.05, 4.69) is 10.6 Å². The highest BCUT2D eigenvalue weighted by molar-refractivity contribution is 6.01. The van der Waals surface area contributed by atoms with E-state index in [1.807, 2.05) is 30.3 Å². The summed E-state index contributed by atoms with van der Waals surface area (Å²) < 4.78 is 0. The molecule has 0 radical (unpaired) electrons. The normalized spacial score (nSPS) is 17.6. The van der Waals surface area contributed by atoms with Crippen LogP contribution in [0.15, 0.2) is 30.3 Å². The number of carbonyl (C=O) groups excluding carboxylic acids is 2. The van der Waals surface area contributed by atoms with Gasteiger partial charge in [-0.3, -0.25) is 9.59 Å². The number of carboxylic acid groups (broad SMARTS) is 1. The van der Waals surface area contributed by atoms with Crippen LogP contribution in [0, 0.1) is 0 Å². The third kappa shape index (κ3) is 3.95. The Balaban J connectivity index is 1.85. The van der Waals surface area contributed by atoms with Crippen molar-refractivity contribution >= 4 is 23.6 Å². The molecule has 1 aromatic carbocycles. The number of carboxylic acids is 1. The molecule has 7 nitrogen and oxygen atoms in total. The number of hydrogen-bond donors (Lipinski definition) is 3. The fourth-order valence-electron chi connectivity index (χ4n) is 2.17. The molecule has 21 heavy (non-hydrogen) atoms. The standard InChI is InChI=1S/C14H17N3O4/c18-12(19)6-8-15-14(21)16-11-7-9-17(13(11)20)10-4-2-1-3-5-10/h1-5,11H,6-9H2,(H,18,19)(H2,15,16,21). The summed E-state index contributed by atoms with van der Waals surface area (Å²) in [6, 6.07) is 8.15. The lowest BCUT2D eigenvalue weighted by Gasteiger charge is -2.17. The maximum absolute atomic E-state index is 12.2. The zero-order valence-electron chi connectivity index (χ0n) is 11.4. The number of rotatable bonds is 5. The van der Waals surface area contributed by atoms with E-state index in [0.29, 0.717) is 13.0 Å². The number of amides is 3. The van der Waals surface area contributed by atoms with Gasteiger partial charge in [0.1, 0.15) is 6.04 Å². The van der Waals surface area contributed by atoms with Crippen LogP contribution in [-0.4, -0.2) is 42.1 Å². The summed E-state index contributed by atoms with van der Waals surface area (Å²) in [6.07, 6.45) is 0.377. The van der Waals surface area contributed by atoms with E-state index in [1.54, 1.807) is 4.90 Å². The van der Waals surface area contributed by atoms with Crippen LogP contribution in [0.4, 0.5) is 10.5 Å². The van der Waals surface area contributed by atoms with Gasteiger partial charge in [-0.2, -0.15) is 0 Å². The Kier molecular flexibility index (Phi) is 4.76. The lowest BCUT2D eigenvalue weighted by atomic mass is 10.2. The molecule has 0 aliphatic carbocycles. The summed E-state index contributed by atoms with van der Waals surface area (Å²) in [5.74, 6) is -1.14. The van der Waals surface area contributed by atoms with Crippen LogP contribution in [0.1, 0.15) is 12.8 Å². The minimum Gasteiger partial charge on any atom is -0.481 e. The average Bonchev–Trinajstić information content (AvgIpc) is 2.81. The molecule has 0 saturated carbocycles. The summed E-state index contributed by atoms with van der Waals surface area (Å²) in [5.41, 5.74) is 0.804. The van der Waals surface area contributed by atoms with Crippen molar-refractivity contribution in [2.24, 2.45) is 0 Å². The van der Waals surface area contributed by atoms with Crippen LogP contribution in [-0.2, 0) is 9.59 Å². The maximum Gasteiger partial charge on any atom is 0.315 e. The number of carbonyl (C=O) groups is 3. The molecule has 1 saturated heterocycles. The van der Waals surface area contributed by atoms with Crippen molar-refractivity contribution in [3.8, 4) is 0 Å². The van der Waals surface area contributed by atoms with Gasteiger partial charge in [0.05, 0.1) is 6.42 Å². The number of aliphatic carboxylic acids is 1. The Morgan fingerprint density at radius 2 is 2.00 bits per heavy atom. The van der Waals surface area contributed by atoms with Gasteiger partial charge in [-0.25, -0.2) is 4.79 Å². The van der Waals surface area contributed by atoms with Crippen molar-refractivity contribution in [3.05, 3.63) is 30.3 Å². The van der Waals surface area contributed by atoms with Gasteiger partial charge < -0.3 is 20.6 Å². The van der Waals surface area contributed by atoms with Crippen LogP contribution in [0.2, 0.25) is 0 Å². The van der Waals surface area contributed by atoms with Crippen molar-refractivity contribution in [3.63, 3.8) is 0 Å². The Hall–Kier alpha value is -2.57. The van der Waals surface area contributed by atoms with E-state index in [1.165, 1.54) is 0 Å². The Morgan fingerprint density at radius 3 is 2.67 bits per heavy atom. The molecule has 1 fully saturated rings. The van der Waals surface area contributed by atoms with Crippen LogP contribution >= 0.6 is 0 Å². The van der Waals surface area contributed by atoms with E-state index >= 15 is 0 Å². The van der Waals surface area contributed by atoms with Gasteiger partial charge in [0, 0.05) is 18.8 Å². The molecule has 1 atom stereocenters. The molecule has 112 valence electrons.